The van der Waals surface area contributed by atoms with Crippen LogP contribution in [0.25, 0.3) is 5.65 Å². The van der Waals surface area contributed by atoms with Crippen molar-refractivity contribution in [2.75, 3.05) is 30.4 Å². The lowest BCUT2D eigenvalue weighted by Gasteiger charge is -2.30. The van der Waals surface area contributed by atoms with Gasteiger partial charge in [0.15, 0.2) is 11.8 Å². The Bertz CT molecular complexity index is 1270. The van der Waals surface area contributed by atoms with E-state index in [2.05, 4.69) is 15.4 Å². The Morgan fingerprint density at radius 3 is 3.03 bits per heavy atom. The molecule has 11 heteroatoms. The topological polar surface area (TPSA) is 108 Å². The minimum absolute atomic E-state index is 0.289. The Morgan fingerprint density at radius 1 is 1.32 bits per heavy atom. The molecule has 1 unspecified atom stereocenters. The molecule has 2 N–H and O–H groups in total. The molecule has 2 atom stereocenters. The number of methoxy groups -OCH3 is 1. The van der Waals surface area contributed by atoms with Gasteiger partial charge in [-0.15, -0.1) is 0 Å². The fourth-order valence-corrected chi connectivity index (χ4v) is 4.18. The molecule has 10 nitrogen and oxygen atoms in total. The van der Waals surface area contributed by atoms with E-state index in [0.717, 1.165) is 6.42 Å². The number of piperidine rings is 1. The van der Waals surface area contributed by atoms with Crippen LogP contribution in [0.3, 0.4) is 0 Å². The molecule has 1 fully saturated rings. The van der Waals surface area contributed by atoms with Crippen molar-refractivity contribution in [3.63, 3.8) is 0 Å². The number of β-amino-alcohol motifs (C(OH)–C–C–N with tert-alkyl or cyclic N) is 1. The van der Waals surface area contributed by atoms with Crippen LogP contribution >= 0.6 is 0 Å². The number of urea groups is 1. The zero-order valence-corrected chi connectivity index (χ0v) is 18.5. The first kappa shape index (κ1) is 21.8. The molecule has 3 aromatic rings. The van der Waals surface area contributed by atoms with Gasteiger partial charge in [0, 0.05) is 37.3 Å². The van der Waals surface area contributed by atoms with Crippen LogP contribution in [-0.2, 0) is 0 Å². The van der Waals surface area contributed by atoms with Gasteiger partial charge in [-0.1, -0.05) is 0 Å². The number of aliphatic hydroxyl groups excluding tert-OH is 1. The second kappa shape index (κ2) is 9.10. The summed E-state index contributed by atoms with van der Waals surface area (Å²) in [6.07, 6.45) is 8.78. The van der Waals surface area contributed by atoms with Gasteiger partial charge in [-0.3, -0.25) is 4.99 Å². The highest BCUT2D eigenvalue weighted by Gasteiger charge is 2.26. The van der Waals surface area contributed by atoms with Crippen molar-refractivity contribution in [3.05, 3.63) is 60.3 Å². The fourth-order valence-electron chi connectivity index (χ4n) is 4.18. The van der Waals surface area contributed by atoms with Crippen molar-refractivity contribution in [2.24, 2.45) is 4.99 Å². The molecule has 0 spiro atoms. The van der Waals surface area contributed by atoms with E-state index in [1.165, 1.54) is 25.4 Å². The lowest BCUT2D eigenvalue weighted by atomic mass is 10.1. The van der Waals surface area contributed by atoms with E-state index in [0.29, 0.717) is 41.4 Å². The van der Waals surface area contributed by atoms with E-state index in [9.17, 15) is 14.3 Å². The second-order valence-electron chi connectivity index (χ2n) is 8.09. The van der Waals surface area contributed by atoms with E-state index in [1.807, 2.05) is 0 Å². The summed E-state index contributed by atoms with van der Waals surface area (Å²) in [6.45, 7) is 0.867. The molecule has 2 aromatic heterocycles. The van der Waals surface area contributed by atoms with Gasteiger partial charge in [0.05, 0.1) is 19.4 Å². The summed E-state index contributed by atoms with van der Waals surface area (Å²) in [5.41, 5.74) is 1.43. The number of hydrogen-bond acceptors (Lipinski definition) is 7. The van der Waals surface area contributed by atoms with Gasteiger partial charge in [-0.2, -0.15) is 5.10 Å². The van der Waals surface area contributed by atoms with Crippen molar-refractivity contribution >= 4 is 29.4 Å². The van der Waals surface area contributed by atoms with Crippen LogP contribution in [0.15, 0.2) is 53.9 Å². The molecular formula is C23H24FN7O3. The molecule has 2 amide bonds. The van der Waals surface area contributed by atoms with E-state index >= 15 is 0 Å². The number of carbonyl (C=O) groups excluding carboxylic acids is 1. The highest BCUT2D eigenvalue weighted by Crippen LogP contribution is 2.35. The van der Waals surface area contributed by atoms with Gasteiger partial charge < -0.3 is 25.0 Å². The third kappa shape index (κ3) is 4.17. The van der Waals surface area contributed by atoms with Gasteiger partial charge in [0.25, 0.3) is 0 Å². The normalized spacial score (nSPS) is 20.1. The predicted molar refractivity (Wildman–Crippen MR) is 125 cm³/mol. The minimum atomic E-state index is -0.596. The van der Waals surface area contributed by atoms with Gasteiger partial charge in [-0.05, 0) is 43.2 Å². The fraction of sp³-hybridized carbons (Fsp3) is 0.304. The van der Waals surface area contributed by atoms with E-state index in [1.54, 1.807) is 51.1 Å². The Morgan fingerprint density at radius 2 is 2.21 bits per heavy atom. The monoisotopic (exact) mass is 465 g/mol. The van der Waals surface area contributed by atoms with E-state index in [-0.39, 0.29) is 12.6 Å². The molecule has 0 saturated carbocycles. The average Bonchev–Trinajstić information content (AvgIpc) is 3.26. The summed E-state index contributed by atoms with van der Waals surface area (Å²) in [5, 5.41) is 17.0. The quantitative estimate of drug-likeness (QED) is 0.614. The maximum atomic E-state index is 14.1. The molecule has 34 heavy (non-hydrogen) atoms. The van der Waals surface area contributed by atoms with Crippen molar-refractivity contribution in [1.82, 2.24) is 19.5 Å². The van der Waals surface area contributed by atoms with Crippen molar-refractivity contribution in [3.8, 4) is 5.75 Å². The molecule has 176 valence electrons. The van der Waals surface area contributed by atoms with Crippen LogP contribution in [0.1, 0.15) is 24.6 Å². The van der Waals surface area contributed by atoms with Crippen LogP contribution in [-0.4, -0.2) is 63.2 Å². The molecule has 0 aliphatic carbocycles. The maximum absolute atomic E-state index is 14.1. The van der Waals surface area contributed by atoms with Crippen molar-refractivity contribution in [1.29, 1.82) is 0 Å². The van der Waals surface area contributed by atoms with Crippen LogP contribution in [0.5, 0.6) is 5.75 Å². The summed E-state index contributed by atoms with van der Waals surface area (Å²) < 4.78 is 21.0. The Kier molecular flexibility index (Phi) is 5.84. The van der Waals surface area contributed by atoms with E-state index in [4.69, 9.17) is 9.72 Å². The van der Waals surface area contributed by atoms with Crippen molar-refractivity contribution in [2.45, 2.75) is 25.1 Å². The predicted octanol–water partition coefficient (Wildman–Crippen LogP) is 2.97. The number of anilines is 2. The number of nitrogens with one attached hydrogen (secondary N) is 1. The summed E-state index contributed by atoms with van der Waals surface area (Å²) in [6, 6.07) is 5.74. The molecule has 2 aliphatic heterocycles. The molecule has 5 rings (SSSR count). The molecule has 2 aliphatic rings. The zero-order chi connectivity index (χ0) is 23.7. The van der Waals surface area contributed by atoms with Gasteiger partial charge in [-0.25, -0.2) is 18.7 Å². The smallest absolute Gasteiger partial charge is 0.322 e. The summed E-state index contributed by atoms with van der Waals surface area (Å²) >= 11 is 0. The Balaban J connectivity index is 1.46. The first-order chi connectivity index (χ1) is 16.5. The number of amides is 2. The lowest BCUT2D eigenvalue weighted by molar-refractivity contribution is 0.0883. The number of aromatic nitrogens is 3. The maximum Gasteiger partial charge on any atom is 0.322 e. The molecule has 1 aromatic carbocycles. The number of ether oxygens (including phenoxy) is 1. The standard InChI is InChI=1S/C23H24FN7O3/c1-34-19-6-5-15(24)12-17(19)21-25-8-3-10-30(21)20-7-11-31-22(28-20)18(13-26-31)27-23(33)29-9-2-4-16(32)14-29/h3,5-8,10-13,16,21,32H,2,4,9,14H2,1H3,(H,27,33)/t16?,21-/m1/s1. The summed E-state index contributed by atoms with van der Waals surface area (Å²) in [4.78, 5) is 25.3. The van der Waals surface area contributed by atoms with Gasteiger partial charge in [0.2, 0.25) is 0 Å². The minimum Gasteiger partial charge on any atom is -0.496 e. The number of allylic oxidation sites excluding steroid dienone is 1. The highest BCUT2D eigenvalue weighted by molar-refractivity contribution is 5.93. The van der Waals surface area contributed by atoms with Crippen LogP contribution in [0.2, 0.25) is 0 Å². The third-order valence-electron chi connectivity index (χ3n) is 5.84. The Labute approximate surface area is 195 Å². The van der Waals surface area contributed by atoms with Crippen molar-refractivity contribution < 1.29 is 19.0 Å². The molecule has 0 radical (unpaired) electrons. The highest BCUT2D eigenvalue weighted by atomic mass is 19.1. The largest absolute Gasteiger partial charge is 0.496 e. The number of hydrogen-bond donors (Lipinski definition) is 2. The number of likely N-dealkylation sites (tertiary alicyclic amines) is 1. The number of aliphatic hydroxyl groups is 1. The van der Waals surface area contributed by atoms with Gasteiger partial charge in [0.1, 0.15) is 23.1 Å². The van der Waals surface area contributed by atoms with Gasteiger partial charge >= 0.3 is 6.03 Å². The number of fused-ring (bicyclic) bond motifs is 1. The molecule has 0 bridgehead atoms. The molecule has 1 saturated heterocycles. The first-order valence-electron chi connectivity index (χ1n) is 10.9. The van der Waals surface area contributed by atoms with Crippen LogP contribution < -0.4 is 15.0 Å². The van der Waals surface area contributed by atoms with Crippen LogP contribution in [0.4, 0.5) is 20.7 Å². The second-order valence-corrected chi connectivity index (χ2v) is 8.09. The zero-order valence-electron chi connectivity index (χ0n) is 18.5. The number of carbonyl (C=O) groups is 1. The number of aliphatic imine (C=N–C) groups is 1. The average molecular weight is 465 g/mol. The molecule has 4 heterocycles. The first-order valence-corrected chi connectivity index (χ1v) is 10.9. The Hall–Kier alpha value is -3.99. The third-order valence-corrected chi connectivity index (χ3v) is 5.84. The number of benzene rings is 1. The van der Waals surface area contributed by atoms with Crippen LogP contribution in [0, 0.1) is 5.82 Å². The number of halogens is 1. The van der Waals surface area contributed by atoms with E-state index < -0.39 is 18.1 Å². The lowest BCUT2D eigenvalue weighted by Crippen LogP contribution is -2.44. The SMILES string of the molecule is COc1ccc(F)cc1[C@@H]1N=CC=CN1c1ccn2ncc(NC(=O)N3CCCC(O)C3)c2n1. The summed E-state index contributed by atoms with van der Waals surface area (Å²) in [5.74, 6) is 0.639. The molecular weight excluding hydrogens is 441 g/mol. The number of nitrogens with zero attached hydrogens (tertiary/aromatic N) is 6. The number of rotatable bonds is 4. The summed E-state index contributed by atoms with van der Waals surface area (Å²) in [7, 11) is 1.52.